The Morgan fingerprint density at radius 1 is 1.00 bits per heavy atom. The first-order chi connectivity index (χ1) is 19.5. The number of carbonyl (C=O) groups is 2. The lowest BCUT2D eigenvalue weighted by atomic mass is 9.89. The molecule has 5 rings (SSSR count). The van der Waals surface area contributed by atoms with Gasteiger partial charge in [-0.3, -0.25) is 4.57 Å². The largest absolute Gasteiger partial charge is 0.478 e. The van der Waals surface area contributed by atoms with E-state index in [2.05, 4.69) is 28.2 Å². The number of unbranched alkanes of at least 4 members (excludes halogenated alkanes) is 1. The van der Waals surface area contributed by atoms with Gasteiger partial charge in [-0.05, 0) is 79.1 Å². The molecule has 208 valence electrons. The summed E-state index contributed by atoms with van der Waals surface area (Å²) in [6.07, 6.45) is 9.01. The third-order valence-corrected chi connectivity index (χ3v) is 8.01. The molecule has 1 aliphatic carbocycles. The van der Waals surface area contributed by atoms with E-state index in [-0.39, 0.29) is 11.6 Å². The number of nitrogens with zero attached hydrogens (tertiary/aromatic N) is 2. The fourth-order valence-electron chi connectivity index (χ4n) is 5.84. The minimum Gasteiger partial charge on any atom is -0.478 e. The van der Waals surface area contributed by atoms with Gasteiger partial charge in [-0.2, -0.15) is 0 Å². The van der Waals surface area contributed by atoms with Gasteiger partial charge in [-0.25, -0.2) is 14.6 Å². The average Bonchev–Trinajstić information content (AvgIpc) is 3.33. The van der Waals surface area contributed by atoms with Crippen molar-refractivity contribution in [2.75, 3.05) is 11.9 Å². The summed E-state index contributed by atoms with van der Waals surface area (Å²) in [7, 11) is 0. The van der Waals surface area contributed by atoms with Gasteiger partial charge in [0.25, 0.3) is 0 Å². The molecule has 0 saturated heterocycles. The molecular weight excluding hydrogens is 500 g/mol. The van der Waals surface area contributed by atoms with Crippen LogP contribution in [0, 0.1) is 12.8 Å². The van der Waals surface area contributed by atoms with Crippen LogP contribution in [0.15, 0.2) is 60.7 Å². The van der Waals surface area contributed by atoms with E-state index < -0.39 is 5.97 Å². The highest BCUT2D eigenvalue weighted by Crippen LogP contribution is 2.33. The fourth-order valence-corrected chi connectivity index (χ4v) is 5.84. The van der Waals surface area contributed by atoms with E-state index >= 15 is 0 Å². The predicted molar refractivity (Wildman–Crippen MR) is 160 cm³/mol. The normalized spacial score (nSPS) is 13.8. The van der Waals surface area contributed by atoms with Crippen LogP contribution in [0.25, 0.3) is 27.8 Å². The second-order valence-electron chi connectivity index (χ2n) is 10.8. The number of urea groups is 1. The quantitative estimate of drug-likeness (QED) is 0.203. The Labute approximate surface area is 235 Å². The molecule has 1 aromatic heterocycles. The maximum atomic E-state index is 12.7. The zero-order valence-corrected chi connectivity index (χ0v) is 23.4. The molecule has 0 radical (unpaired) electrons. The number of hydrogen-bond donors (Lipinski definition) is 3. The molecule has 3 N–H and O–H groups in total. The first-order valence-corrected chi connectivity index (χ1v) is 14.4. The summed E-state index contributed by atoms with van der Waals surface area (Å²) in [6, 6.07) is 18.7. The predicted octanol–water partition coefficient (Wildman–Crippen LogP) is 7.74. The number of carboxylic acid groups (broad SMARTS) is 1. The molecule has 0 bridgehead atoms. The van der Waals surface area contributed by atoms with Crippen molar-refractivity contribution in [1.29, 1.82) is 0 Å². The number of fused-ring (bicyclic) bond motifs is 1. The summed E-state index contributed by atoms with van der Waals surface area (Å²) < 4.78 is 2.16. The molecule has 0 spiro atoms. The number of imidazole rings is 1. The second kappa shape index (κ2) is 12.4. The lowest BCUT2D eigenvalue weighted by Crippen LogP contribution is -2.33. The van der Waals surface area contributed by atoms with Crippen molar-refractivity contribution >= 4 is 28.7 Å². The summed E-state index contributed by atoms with van der Waals surface area (Å²) in [5, 5.41) is 15.9. The Kier molecular flexibility index (Phi) is 8.48. The topological polar surface area (TPSA) is 96.3 Å². The summed E-state index contributed by atoms with van der Waals surface area (Å²) >= 11 is 0. The highest BCUT2D eigenvalue weighted by Gasteiger charge is 2.19. The lowest BCUT2D eigenvalue weighted by molar-refractivity contribution is 0.0697. The van der Waals surface area contributed by atoms with Crippen LogP contribution in [0.4, 0.5) is 10.5 Å². The molecule has 40 heavy (non-hydrogen) atoms. The van der Waals surface area contributed by atoms with E-state index in [1.165, 1.54) is 32.1 Å². The Morgan fingerprint density at radius 2 is 1.77 bits per heavy atom. The molecule has 7 heteroatoms. The highest BCUT2D eigenvalue weighted by molar-refractivity contribution is 5.97. The Balaban J connectivity index is 1.51. The van der Waals surface area contributed by atoms with E-state index in [1.54, 1.807) is 12.1 Å². The van der Waals surface area contributed by atoms with Crippen molar-refractivity contribution in [3.63, 3.8) is 0 Å². The molecule has 0 aliphatic heterocycles. The summed E-state index contributed by atoms with van der Waals surface area (Å²) in [4.78, 5) is 29.7. The first-order valence-electron chi connectivity index (χ1n) is 14.4. The van der Waals surface area contributed by atoms with E-state index in [4.69, 9.17) is 4.98 Å². The molecular formula is C33H38N4O3. The van der Waals surface area contributed by atoms with Crippen LogP contribution in [0.1, 0.15) is 73.6 Å². The number of carboxylic acids is 1. The molecule has 2 amide bonds. The molecule has 1 aliphatic rings. The van der Waals surface area contributed by atoms with Gasteiger partial charge in [0.15, 0.2) is 0 Å². The maximum absolute atomic E-state index is 12.7. The third-order valence-electron chi connectivity index (χ3n) is 8.01. The van der Waals surface area contributed by atoms with Crippen molar-refractivity contribution in [1.82, 2.24) is 14.9 Å². The molecule has 0 atom stereocenters. The van der Waals surface area contributed by atoms with Gasteiger partial charge < -0.3 is 15.7 Å². The molecule has 0 unspecified atom stereocenters. The number of hydrogen-bond acceptors (Lipinski definition) is 3. The zero-order valence-electron chi connectivity index (χ0n) is 23.4. The Hall–Kier alpha value is -4.13. The van der Waals surface area contributed by atoms with E-state index in [0.717, 1.165) is 52.9 Å². The molecule has 3 aromatic carbocycles. The van der Waals surface area contributed by atoms with Crippen LogP contribution >= 0.6 is 0 Å². The van der Waals surface area contributed by atoms with Crippen LogP contribution in [0.3, 0.4) is 0 Å². The summed E-state index contributed by atoms with van der Waals surface area (Å²) in [5.41, 5.74) is 6.22. The van der Waals surface area contributed by atoms with E-state index in [1.807, 2.05) is 49.4 Å². The minimum atomic E-state index is -0.949. The summed E-state index contributed by atoms with van der Waals surface area (Å²) in [6.45, 7) is 4.90. The van der Waals surface area contributed by atoms with Crippen molar-refractivity contribution in [2.24, 2.45) is 5.92 Å². The minimum absolute atomic E-state index is 0.189. The number of carbonyl (C=O) groups excluding carboxylic acids is 1. The van der Waals surface area contributed by atoms with Crippen LogP contribution in [0.2, 0.25) is 0 Å². The lowest BCUT2D eigenvalue weighted by Gasteiger charge is -2.21. The van der Waals surface area contributed by atoms with Gasteiger partial charge in [0.1, 0.15) is 5.82 Å². The Bertz CT molecular complexity index is 1520. The third kappa shape index (κ3) is 5.88. The number of rotatable bonds is 9. The number of aryl methyl sites for hydroxylation is 1. The fraction of sp³-hybridized carbons (Fsp3) is 0.364. The number of aromatic nitrogens is 2. The number of aromatic carboxylic acids is 1. The van der Waals surface area contributed by atoms with Gasteiger partial charge in [0.05, 0.1) is 22.3 Å². The number of amides is 2. The van der Waals surface area contributed by atoms with Crippen molar-refractivity contribution < 1.29 is 14.7 Å². The first kappa shape index (κ1) is 27.4. The molecule has 1 heterocycles. The van der Waals surface area contributed by atoms with E-state index in [9.17, 15) is 14.7 Å². The van der Waals surface area contributed by atoms with Crippen LogP contribution in [-0.2, 0) is 6.42 Å². The SMILES string of the molecule is CCCCc1nc2ccc(NC(=O)NCC3CCCCC3)cc2n1-c1cccc(-c2ccccc2C(=O)O)c1C. The maximum Gasteiger partial charge on any atom is 0.336 e. The molecule has 4 aromatic rings. The van der Waals surface area contributed by atoms with Gasteiger partial charge in [0.2, 0.25) is 0 Å². The van der Waals surface area contributed by atoms with Gasteiger partial charge in [-0.1, -0.05) is 62.9 Å². The van der Waals surface area contributed by atoms with Crippen LogP contribution in [-0.4, -0.2) is 33.2 Å². The van der Waals surface area contributed by atoms with Crippen LogP contribution in [0.5, 0.6) is 0 Å². The molecule has 7 nitrogen and oxygen atoms in total. The van der Waals surface area contributed by atoms with Crippen molar-refractivity contribution in [3.05, 3.63) is 77.6 Å². The standard InChI is InChI=1S/C33H38N4O3/c1-3-4-17-31-36-28-19-18-24(35-33(40)34-21-23-11-6-5-7-12-23)20-30(28)37(31)29-16-10-15-25(22(29)2)26-13-8-9-14-27(26)32(38)39/h8-10,13-16,18-20,23H,3-7,11-12,17,21H2,1-2H3,(H,38,39)(H2,34,35,40). The van der Waals surface area contributed by atoms with Crippen molar-refractivity contribution in [2.45, 2.75) is 65.2 Å². The van der Waals surface area contributed by atoms with Gasteiger partial charge >= 0.3 is 12.0 Å². The molecule has 1 fully saturated rings. The number of benzene rings is 3. The van der Waals surface area contributed by atoms with Gasteiger partial charge in [0, 0.05) is 18.7 Å². The Morgan fingerprint density at radius 3 is 2.55 bits per heavy atom. The average molecular weight is 539 g/mol. The molecule has 1 saturated carbocycles. The smallest absolute Gasteiger partial charge is 0.336 e. The van der Waals surface area contributed by atoms with Crippen LogP contribution < -0.4 is 10.6 Å². The highest BCUT2D eigenvalue weighted by atomic mass is 16.4. The van der Waals surface area contributed by atoms with E-state index in [0.29, 0.717) is 23.7 Å². The van der Waals surface area contributed by atoms with Gasteiger partial charge in [-0.15, -0.1) is 0 Å². The number of anilines is 1. The second-order valence-corrected chi connectivity index (χ2v) is 10.8. The zero-order chi connectivity index (χ0) is 28.1. The summed E-state index contributed by atoms with van der Waals surface area (Å²) in [5.74, 6) is 0.558. The van der Waals surface area contributed by atoms with Crippen molar-refractivity contribution in [3.8, 4) is 16.8 Å². The monoisotopic (exact) mass is 538 g/mol. The number of nitrogens with one attached hydrogen (secondary N) is 2.